The summed E-state index contributed by atoms with van der Waals surface area (Å²) in [6.45, 7) is 12.2. The van der Waals surface area contributed by atoms with Crippen molar-refractivity contribution in [1.29, 1.82) is 0 Å². The van der Waals surface area contributed by atoms with Gasteiger partial charge in [0.1, 0.15) is 11.6 Å². The van der Waals surface area contributed by atoms with Crippen molar-refractivity contribution < 1.29 is 13.4 Å². The zero-order valence-electron chi connectivity index (χ0n) is 16.2. The molecule has 0 N–H and O–H groups in total. The van der Waals surface area contributed by atoms with E-state index in [0.29, 0.717) is 0 Å². The fraction of sp³-hybridized carbons (Fsp3) is 0.368. The Morgan fingerprint density at radius 1 is 0.720 bits per heavy atom. The summed E-state index contributed by atoms with van der Waals surface area (Å²) in [5.74, 6) is -0.380. The quantitative estimate of drug-likeness (QED) is 0.730. The first kappa shape index (κ1) is 20.1. The van der Waals surface area contributed by atoms with Gasteiger partial charge in [0.15, 0.2) is 0 Å². The van der Waals surface area contributed by atoms with Crippen molar-refractivity contribution in [1.82, 2.24) is 0 Å². The predicted octanol–water partition coefficient (Wildman–Crippen LogP) is 2.81. The monoisotopic (exact) mass is 376 g/mol. The first-order chi connectivity index (χ1) is 11.5. The second-order valence-corrected chi connectivity index (χ2v) is 18.5. The van der Waals surface area contributed by atoms with E-state index in [9.17, 15) is 8.78 Å². The number of halogens is 2. The molecule has 2 aromatic carbocycles. The van der Waals surface area contributed by atoms with Gasteiger partial charge in [0, 0.05) is 7.11 Å². The Morgan fingerprint density at radius 2 is 1.08 bits per heavy atom. The van der Waals surface area contributed by atoms with E-state index < -0.39 is 23.1 Å². The Hall–Kier alpha value is -1.24. The van der Waals surface area contributed by atoms with E-state index >= 15 is 0 Å². The predicted molar refractivity (Wildman–Crippen MR) is 111 cm³/mol. The molecule has 25 heavy (non-hydrogen) atoms. The molecule has 0 unspecified atom stereocenters. The van der Waals surface area contributed by atoms with Gasteiger partial charge in [-0.05, 0) is 33.4 Å². The van der Waals surface area contributed by atoms with Gasteiger partial charge in [-0.1, -0.05) is 63.5 Å². The third-order valence-electron chi connectivity index (χ3n) is 4.39. The molecular weight excluding hydrogens is 349 g/mol. The van der Waals surface area contributed by atoms with Gasteiger partial charge in [-0.25, -0.2) is 8.78 Å². The Balaban J connectivity index is 2.77. The summed E-state index contributed by atoms with van der Waals surface area (Å²) in [7, 11) is -2.28. The van der Waals surface area contributed by atoms with Crippen molar-refractivity contribution in [2.75, 3.05) is 7.11 Å². The molecule has 0 saturated heterocycles. The minimum atomic E-state index is -1.95. The molecule has 0 aromatic heterocycles. The minimum absolute atomic E-state index is 0.190. The Kier molecular flexibility index (Phi) is 5.76. The van der Waals surface area contributed by atoms with E-state index in [1.807, 2.05) is 12.1 Å². The highest BCUT2D eigenvalue weighted by atomic mass is 28.3. The van der Waals surface area contributed by atoms with Crippen LogP contribution in [0.3, 0.4) is 0 Å². The van der Waals surface area contributed by atoms with Crippen LogP contribution in [-0.4, -0.2) is 30.2 Å². The summed E-state index contributed by atoms with van der Waals surface area (Å²) < 4.78 is 35.2. The third kappa shape index (κ3) is 4.13. The first-order valence-electron chi connectivity index (χ1n) is 8.59. The number of hydrogen-bond acceptors (Lipinski definition) is 1. The molecule has 134 valence electrons. The zero-order chi connectivity index (χ0) is 19.0. The summed E-state index contributed by atoms with van der Waals surface area (Å²) in [6.07, 6.45) is 0. The Bertz CT molecular complexity index is 703. The van der Waals surface area contributed by atoms with Crippen molar-refractivity contribution in [3.8, 4) is 0 Å². The van der Waals surface area contributed by atoms with Crippen molar-refractivity contribution in [2.45, 2.75) is 39.3 Å². The molecule has 0 fully saturated rings. The molecule has 0 aliphatic carbocycles. The molecule has 0 saturated carbocycles. The van der Waals surface area contributed by atoms with Crippen molar-refractivity contribution in [3.63, 3.8) is 0 Å². The lowest BCUT2D eigenvalue weighted by atomic mass is 9.55. The van der Waals surface area contributed by atoms with E-state index in [-0.39, 0.29) is 11.6 Å². The Labute approximate surface area is 152 Å². The van der Waals surface area contributed by atoms with E-state index in [1.165, 1.54) is 12.1 Å². The number of benzene rings is 2. The lowest BCUT2D eigenvalue weighted by molar-refractivity contribution is 0.439. The van der Waals surface area contributed by atoms with E-state index in [1.54, 1.807) is 19.2 Å². The highest BCUT2D eigenvalue weighted by Crippen LogP contribution is 2.09. The molecule has 2 rings (SSSR count). The van der Waals surface area contributed by atoms with E-state index in [4.69, 9.17) is 4.65 Å². The average Bonchev–Trinajstić information content (AvgIpc) is 2.45. The van der Waals surface area contributed by atoms with Gasteiger partial charge < -0.3 is 4.65 Å². The maximum Gasteiger partial charge on any atom is 0.361 e. The highest BCUT2D eigenvalue weighted by Gasteiger charge is 2.35. The summed E-state index contributed by atoms with van der Waals surface area (Å²) in [4.78, 5) is 0. The highest BCUT2D eigenvalue weighted by molar-refractivity contribution is 6.98. The van der Waals surface area contributed by atoms with Crippen LogP contribution in [0.15, 0.2) is 36.4 Å². The molecule has 0 radical (unpaired) electrons. The average molecular weight is 376 g/mol. The van der Waals surface area contributed by atoms with E-state index in [2.05, 4.69) is 39.3 Å². The van der Waals surface area contributed by atoms with Gasteiger partial charge >= 0.3 is 6.92 Å². The molecule has 1 nitrogen and oxygen atoms in total. The topological polar surface area (TPSA) is 9.23 Å². The fourth-order valence-electron chi connectivity index (χ4n) is 3.52. The van der Waals surface area contributed by atoms with Crippen LogP contribution in [-0.2, 0) is 4.65 Å². The van der Waals surface area contributed by atoms with Crippen LogP contribution in [0, 0.1) is 11.6 Å². The molecule has 0 atom stereocenters. The van der Waals surface area contributed by atoms with E-state index in [0.717, 1.165) is 21.3 Å². The minimum Gasteiger partial charge on any atom is -0.430 e. The largest absolute Gasteiger partial charge is 0.430 e. The van der Waals surface area contributed by atoms with Gasteiger partial charge in [0.05, 0.1) is 16.1 Å². The molecule has 0 bridgehead atoms. The second-order valence-electron chi connectivity index (χ2n) is 8.52. The van der Waals surface area contributed by atoms with Gasteiger partial charge in [-0.15, -0.1) is 0 Å². The van der Waals surface area contributed by atoms with Gasteiger partial charge in [0.2, 0.25) is 0 Å². The normalized spacial score (nSPS) is 12.4. The molecule has 0 spiro atoms. The summed E-state index contributed by atoms with van der Waals surface area (Å²) in [6, 6.07) is 10.3. The summed E-state index contributed by atoms with van der Waals surface area (Å²) >= 11 is 0. The third-order valence-corrected chi connectivity index (χ3v) is 8.45. The lowest BCUT2D eigenvalue weighted by Crippen LogP contribution is -2.64. The molecule has 0 aliphatic rings. The molecule has 0 heterocycles. The first-order valence-corrected chi connectivity index (χ1v) is 15.6. The lowest BCUT2D eigenvalue weighted by Gasteiger charge is -2.28. The number of hydrogen-bond donors (Lipinski definition) is 0. The second kappa shape index (κ2) is 7.17. The smallest absolute Gasteiger partial charge is 0.361 e. The SMILES string of the molecule is COB(c1cccc(F)c1[Si](C)(C)C)c1cccc(F)c1[Si](C)(C)C. The summed E-state index contributed by atoms with van der Waals surface area (Å²) in [5.41, 5.74) is 1.65. The standard InChI is InChI=1S/C19H27BF2OSi2/c1-23-20(14-10-8-12-16(21)18(14)24(2,3)4)15-11-9-13-17(22)19(15)25(5,6)7/h8-13H,1-7H3. The Morgan fingerprint density at radius 3 is 1.36 bits per heavy atom. The molecular formula is C19H27BF2OSi2. The van der Waals surface area contributed by atoms with Gasteiger partial charge in [-0.2, -0.15) is 0 Å². The maximum atomic E-state index is 14.7. The van der Waals surface area contributed by atoms with Crippen molar-refractivity contribution >= 4 is 44.4 Å². The van der Waals surface area contributed by atoms with Crippen molar-refractivity contribution in [3.05, 3.63) is 48.0 Å². The molecule has 2 aromatic rings. The molecule has 6 heteroatoms. The van der Waals surface area contributed by atoms with Crippen LogP contribution < -0.4 is 21.3 Å². The van der Waals surface area contributed by atoms with Gasteiger partial charge in [0.25, 0.3) is 0 Å². The maximum absolute atomic E-state index is 14.7. The van der Waals surface area contributed by atoms with Gasteiger partial charge in [-0.3, -0.25) is 0 Å². The number of rotatable bonds is 5. The zero-order valence-corrected chi connectivity index (χ0v) is 18.2. The van der Waals surface area contributed by atoms with Crippen LogP contribution in [0.2, 0.25) is 39.3 Å². The fourth-order valence-corrected chi connectivity index (χ4v) is 7.28. The van der Waals surface area contributed by atoms with Crippen LogP contribution in [0.1, 0.15) is 0 Å². The van der Waals surface area contributed by atoms with Crippen LogP contribution in [0.25, 0.3) is 0 Å². The molecule has 0 aliphatic heterocycles. The molecule has 0 amide bonds. The van der Waals surface area contributed by atoms with Crippen molar-refractivity contribution in [2.24, 2.45) is 0 Å². The summed E-state index contributed by atoms with van der Waals surface area (Å²) in [5, 5.41) is 1.51. The van der Waals surface area contributed by atoms with Crippen LogP contribution in [0.4, 0.5) is 8.78 Å². The van der Waals surface area contributed by atoms with Crippen LogP contribution >= 0.6 is 0 Å². The van der Waals surface area contributed by atoms with Crippen LogP contribution in [0.5, 0.6) is 0 Å².